The number of benzene rings is 1. The van der Waals surface area contributed by atoms with Gasteiger partial charge in [-0.15, -0.1) is 10.2 Å². The second-order valence-electron chi connectivity index (χ2n) is 6.44. The van der Waals surface area contributed by atoms with Crippen molar-refractivity contribution >= 4 is 22.5 Å². The third-order valence-electron chi connectivity index (χ3n) is 4.67. The summed E-state index contributed by atoms with van der Waals surface area (Å²) in [4.78, 5) is 19.1. The van der Waals surface area contributed by atoms with Crippen LogP contribution in [0.3, 0.4) is 0 Å². The van der Waals surface area contributed by atoms with Gasteiger partial charge >= 0.3 is 0 Å². The summed E-state index contributed by atoms with van der Waals surface area (Å²) < 4.78 is 5.24. The van der Waals surface area contributed by atoms with Crippen molar-refractivity contribution in [2.45, 2.75) is 12.8 Å². The van der Waals surface area contributed by atoms with Gasteiger partial charge in [-0.05, 0) is 56.6 Å². The van der Waals surface area contributed by atoms with Gasteiger partial charge < -0.3 is 14.6 Å². The fourth-order valence-corrected chi connectivity index (χ4v) is 3.14. The number of piperidine rings is 1. The first-order chi connectivity index (χ1) is 12.2. The average molecular weight is 337 g/mol. The topological polar surface area (TPSA) is 84.2 Å². The molecule has 0 radical (unpaired) electrons. The highest BCUT2D eigenvalue weighted by Gasteiger charge is 2.23. The van der Waals surface area contributed by atoms with Crippen molar-refractivity contribution in [1.82, 2.24) is 20.1 Å². The largest absolute Gasteiger partial charge is 0.423 e. The zero-order chi connectivity index (χ0) is 17.2. The van der Waals surface area contributed by atoms with E-state index >= 15 is 0 Å². The Kier molecular flexibility index (Phi) is 4.15. The Morgan fingerprint density at radius 1 is 1.24 bits per heavy atom. The maximum Gasteiger partial charge on any atom is 0.247 e. The van der Waals surface area contributed by atoms with Crippen molar-refractivity contribution < 1.29 is 9.21 Å². The molecule has 3 heterocycles. The molecule has 0 unspecified atom stereocenters. The van der Waals surface area contributed by atoms with E-state index in [0.29, 0.717) is 11.7 Å². The number of hydrogen-bond acceptors (Lipinski definition) is 6. The highest BCUT2D eigenvalue weighted by atomic mass is 16.4. The summed E-state index contributed by atoms with van der Waals surface area (Å²) in [7, 11) is 2.08. The van der Waals surface area contributed by atoms with Crippen molar-refractivity contribution in [3.05, 3.63) is 36.9 Å². The van der Waals surface area contributed by atoms with Crippen LogP contribution < -0.4 is 5.32 Å². The summed E-state index contributed by atoms with van der Waals surface area (Å²) in [5.74, 6) is 1.14. The minimum atomic E-state index is 0.0491. The minimum absolute atomic E-state index is 0.0491. The fraction of sp³-hybridized carbons (Fsp3) is 0.333. The van der Waals surface area contributed by atoms with E-state index in [4.69, 9.17) is 4.42 Å². The summed E-state index contributed by atoms with van der Waals surface area (Å²) in [5.41, 5.74) is 0.837. The number of carbonyl (C=O) groups excluding carboxylic acids is 1. The Morgan fingerprint density at radius 3 is 2.84 bits per heavy atom. The van der Waals surface area contributed by atoms with Gasteiger partial charge in [0, 0.05) is 23.1 Å². The zero-order valence-corrected chi connectivity index (χ0v) is 14.0. The van der Waals surface area contributed by atoms with Crippen molar-refractivity contribution in [2.75, 3.05) is 25.5 Å². The second kappa shape index (κ2) is 6.60. The molecule has 2 aromatic heterocycles. The first-order valence-electron chi connectivity index (χ1n) is 8.35. The third-order valence-corrected chi connectivity index (χ3v) is 4.67. The number of aromatic nitrogens is 3. The molecular weight excluding hydrogens is 318 g/mol. The summed E-state index contributed by atoms with van der Waals surface area (Å²) >= 11 is 0. The van der Waals surface area contributed by atoms with E-state index in [1.165, 1.54) is 6.39 Å². The lowest BCUT2D eigenvalue weighted by Gasteiger charge is -2.27. The van der Waals surface area contributed by atoms with E-state index in [-0.39, 0.29) is 11.8 Å². The van der Waals surface area contributed by atoms with Gasteiger partial charge in [-0.2, -0.15) is 0 Å². The Hall–Kier alpha value is -2.80. The molecule has 7 heteroatoms. The molecule has 4 rings (SSSR count). The van der Waals surface area contributed by atoms with Gasteiger partial charge in [0.15, 0.2) is 0 Å². The fourth-order valence-electron chi connectivity index (χ4n) is 3.14. The number of anilines is 1. The number of amides is 1. The van der Waals surface area contributed by atoms with Crippen LogP contribution in [0.5, 0.6) is 0 Å². The van der Waals surface area contributed by atoms with Gasteiger partial charge in [0.25, 0.3) is 0 Å². The molecule has 1 amide bonds. The predicted octanol–water partition coefficient (Wildman–Crippen LogP) is 2.57. The Labute approximate surface area is 145 Å². The number of pyridine rings is 1. The number of hydrogen-bond donors (Lipinski definition) is 1. The van der Waals surface area contributed by atoms with E-state index in [0.717, 1.165) is 42.3 Å². The molecule has 0 aliphatic carbocycles. The van der Waals surface area contributed by atoms with Crippen molar-refractivity contribution in [3.8, 4) is 11.5 Å². The lowest BCUT2D eigenvalue weighted by molar-refractivity contribution is -0.121. The normalized spacial score (nSPS) is 16.2. The molecule has 7 nitrogen and oxygen atoms in total. The molecule has 128 valence electrons. The van der Waals surface area contributed by atoms with Gasteiger partial charge in [0.05, 0.1) is 0 Å². The van der Waals surface area contributed by atoms with Crippen LogP contribution >= 0.6 is 0 Å². The van der Waals surface area contributed by atoms with E-state index in [2.05, 4.69) is 32.4 Å². The number of likely N-dealkylation sites (tertiary alicyclic amines) is 1. The number of rotatable bonds is 3. The van der Waals surface area contributed by atoms with Crippen molar-refractivity contribution in [1.29, 1.82) is 0 Å². The summed E-state index contributed by atoms with van der Waals surface area (Å²) in [6.07, 6.45) is 4.84. The van der Waals surface area contributed by atoms with Crippen LogP contribution in [0, 0.1) is 5.92 Å². The van der Waals surface area contributed by atoms with Crippen LogP contribution in [0.1, 0.15) is 12.8 Å². The monoisotopic (exact) mass is 337 g/mol. The van der Waals surface area contributed by atoms with Crippen LogP contribution in [-0.4, -0.2) is 46.1 Å². The standard InChI is InChI=1S/C18H19N5O2/c1-23-6-4-12(5-7-23)17(24)21-16-9-15-8-13(18-22-20-11-25-18)2-3-14(15)10-19-16/h2-3,8-12H,4-7H2,1H3,(H,19,21,24). The van der Waals surface area contributed by atoms with Gasteiger partial charge in [0.1, 0.15) is 5.82 Å². The third kappa shape index (κ3) is 3.36. The highest BCUT2D eigenvalue weighted by molar-refractivity contribution is 5.94. The maximum absolute atomic E-state index is 12.5. The first kappa shape index (κ1) is 15.7. The molecule has 3 aromatic rings. The Balaban J connectivity index is 1.54. The molecule has 0 bridgehead atoms. The van der Waals surface area contributed by atoms with Gasteiger partial charge in [-0.1, -0.05) is 6.07 Å². The lowest BCUT2D eigenvalue weighted by Crippen LogP contribution is -2.36. The first-order valence-corrected chi connectivity index (χ1v) is 8.35. The molecule has 25 heavy (non-hydrogen) atoms. The van der Waals surface area contributed by atoms with Crippen LogP contribution in [0.4, 0.5) is 5.82 Å². The molecular formula is C18H19N5O2. The highest BCUT2D eigenvalue weighted by Crippen LogP contribution is 2.25. The molecule has 1 aliphatic heterocycles. The van der Waals surface area contributed by atoms with Gasteiger partial charge in [-0.3, -0.25) is 4.79 Å². The summed E-state index contributed by atoms with van der Waals surface area (Å²) in [6, 6.07) is 7.69. The predicted molar refractivity (Wildman–Crippen MR) is 93.9 cm³/mol. The number of nitrogens with one attached hydrogen (secondary N) is 1. The summed E-state index contributed by atoms with van der Waals surface area (Å²) in [6.45, 7) is 1.91. The quantitative estimate of drug-likeness (QED) is 0.791. The number of fused-ring (bicyclic) bond motifs is 1. The average Bonchev–Trinajstić information content (AvgIpc) is 3.16. The SMILES string of the molecule is CN1CCC(C(=O)Nc2cc3cc(-c4nnco4)ccc3cn2)CC1. The zero-order valence-electron chi connectivity index (χ0n) is 14.0. The number of carbonyl (C=O) groups is 1. The van der Waals surface area contributed by atoms with Crippen molar-refractivity contribution in [3.63, 3.8) is 0 Å². The minimum Gasteiger partial charge on any atom is -0.423 e. The lowest BCUT2D eigenvalue weighted by atomic mass is 9.96. The van der Waals surface area contributed by atoms with Crippen LogP contribution in [-0.2, 0) is 4.79 Å². The second-order valence-corrected chi connectivity index (χ2v) is 6.44. The van der Waals surface area contributed by atoms with Crippen LogP contribution in [0.2, 0.25) is 0 Å². The number of nitrogens with zero attached hydrogens (tertiary/aromatic N) is 4. The Bertz CT molecular complexity index is 886. The molecule has 1 N–H and O–H groups in total. The van der Waals surface area contributed by atoms with Crippen molar-refractivity contribution in [2.24, 2.45) is 5.92 Å². The molecule has 0 atom stereocenters. The molecule has 0 spiro atoms. The van der Waals surface area contributed by atoms with E-state index in [1.807, 2.05) is 24.3 Å². The van der Waals surface area contributed by atoms with Crippen LogP contribution in [0.25, 0.3) is 22.2 Å². The smallest absolute Gasteiger partial charge is 0.247 e. The Morgan fingerprint density at radius 2 is 2.08 bits per heavy atom. The molecule has 1 saturated heterocycles. The van der Waals surface area contributed by atoms with E-state index in [9.17, 15) is 4.79 Å². The van der Waals surface area contributed by atoms with E-state index in [1.54, 1.807) is 6.20 Å². The van der Waals surface area contributed by atoms with Gasteiger partial charge in [0.2, 0.25) is 18.2 Å². The van der Waals surface area contributed by atoms with Gasteiger partial charge in [-0.25, -0.2) is 4.98 Å². The van der Waals surface area contributed by atoms with Crippen LogP contribution in [0.15, 0.2) is 41.3 Å². The molecule has 1 aliphatic rings. The molecule has 1 aromatic carbocycles. The maximum atomic E-state index is 12.5. The van der Waals surface area contributed by atoms with E-state index < -0.39 is 0 Å². The summed E-state index contributed by atoms with van der Waals surface area (Å²) in [5, 5.41) is 12.5. The molecule has 1 fully saturated rings. The molecule has 0 saturated carbocycles.